The number of hydrogen-bond donors (Lipinski definition) is 1. The van der Waals surface area contributed by atoms with Gasteiger partial charge in [0.15, 0.2) is 0 Å². The van der Waals surface area contributed by atoms with Crippen molar-refractivity contribution in [1.29, 1.82) is 0 Å². The first-order chi connectivity index (χ1) is 17.5. The number of aryl methyl sites for hydroxylation is 1. The average Bonchev–Trinajstić information content (AvgIpc) is 3.24. The van der Waals surface area contributed by atoms with Crippen LogP contribution in [0.4, 0.5) is 0 Å². The zero-order chi connectivity index (χ0) is 25.1. The standard InChI is InChI=1S/C31H40BrN3O/c1-22-7-6-10-24(17-22)27(19-31(36)34(2)26-13-15-33-16-14-26)29-21-35(20-23-8-4-3-5-9-23)30-12-11-25(32)18-28(29)30/h6-7,10-12,17-18,21,23,26-27,33H,3-5,8-9,13-16,19-20H2,1-2H3. The molecule has 192 valence electrons. The van der Waals surface area contributed by atoms with Crippen LogP contribution in [-0.2, 0) is 11.3 Å². The van der Waals surface area contributed by atoms with Crippen molar-refractivity contribution in [3.8, 4) is 0 Å². The van der Waals surface area contributed by atoms with Crippen LogP contribution in [0.25, 0.3) is 10.9 Å². The molecule has 5 heteroatoms. The molecule has 1 N–H and O–H groups in total. The van der Waals surface area contributed by atoms with Gasteiger partial charge in [-0.2, -0.15) is 0 Å². The Morgan fingerprint density at radius 2 is 1.86 bits per heavy atom. The summed E-state index contributed by atoms with van der Waals surface area (Å²) in [7, 11) is 2.01. The highest BCUT2D eigenvalue weighted by Crippen LogP contribution is 2.38. The van der Waals surface area contributed by atoms with E-state index in [0.29, 0.717) is 12.5 Å². The molecule has 1 saturated carbocycles. The van der Waals surface area contributed by atoms with E-state index in [9.17, 15) is 4.79 Å². The molecule has 2 heterocycles. The normalized spacial score (nSPS) is 18.4. The van der Waals surface area contributed by atoms with Crippen molar-refractivity contribution in [2.45, 2.75) is 76.8 Å². The molecule has 1 unspecified atom stereocenters. The highest BCUT2D eigenvalue weighted by molar-refractivity contribution is 9.10. The van der Waals surface area contributed by atoms with Crippen LogP contribution >= 0.6 is 15.9 Å². The number of piperidine rings is 1. The topological polar surface area (TPSA) is 37.3 Å². The molecule has 4 nitrogen and oxygen atoms in total. The molecule has 1 saturated heterocycles. The predicted molar refractivity (Wildman–Crippen MR) is 153 cm³/mol. The number of fused-ring (bicyclic) bond motifs is 1. The molecular weight excluding hydrogens is 510 g/mol. The van der Waals surface area contributed by atoms with E-state index < -0.39 is 0 Å². The summed E-state index contributed by atoms with van der Waals surface area (Å²) in [6, 6.07) is 15.7. The summed E-state index contributed by atoms with van der Waals surface area (Å²) in [6.07, 6.45) is 11.7. The zero-order valence-corrected chi connectivity index (χ0v) is 23.4. The Morgan fingerprint density at radius 1 is 1.08 bits per heavy atom. The number of rotatable bonds is 7. The number of carbonyl (C=O) groups is 1. The zero-order valence-electron chi connectivity index (χ0n) is 21.8. The Labute approximate surface area is 224 Å². The first-order valence-corrected chi connectivity index (χ1v) is 14.6. The fourth-order valence-electron chi connectivity index (χ4n) is 6.38. The minimum Gasteiger partial charge on any atom is -0.347 e. The van der Waals surface area contributed by atoms with Gasteiger partial charge in [-0.3, -0.25) is 4.79 Å². The Hall–Kier alpha value is -2.11. The van der Waals surface area contributed by atoms with Crippen LogP contribution in [0.3, 0.4) is 0 Å². The molecule has 2 aliphatic rings. The molecule has 1 aromatic heterocycles. The second-order valence-corrected chi connectivity index (χ2v) is 12.0. The number of hydrogen-bond acceptors (Lipinski definition) is 2. The highest BCUT2D eigenvalue weighted by atomic mass is 79.9. The molecule has 36 heavy (non-hydrogen) atoms. The summed E-state index contributed by atoms with van der Waals surface area (Å²) < 4.78 is 3.57. The lowest BCUT2D eigenvalue weighted by molar-refractivity contribution is -0.132. The molecule has 2 aromatic carbocycles. The Bertz CT molecular complexity index is 1190. The fourth-order valence-corrected chi connectivity index (χ4v) is 6.75. The summed E-state index contributed by atoms with van der Waals surface area (Å²) in [6.45, 7) is 5.20. The van der Waals surface area contributed by atoms with Crippen LogP contribution in [0.15, 0.2) is 53.1 Å². The third-order valence-corrected chi connectivity index (χ3v) is 9.00. The monoisotopic (exact) mass is 549 g/mol. The van der Waals surface area contributed by atoms with Gasteiger partial charge in [0.2, 0.25) is 5.91 Å². The van der Waals surface area contributed by atoms with Crippen molar-refractivity contribution >= 4 is 32.7 Å². The first kappa shape index (κ1) is 25.5. The van der Waals surface area contributed by atoms with Crippen LogP contribution in [-0.4, -0.2) is 41.6 Å². The van der Waals surface area contributed by atoms with Gasteiger partial charge in [0.05, 0.1) is 0 Å². The maximum Gasteiger partial charge on any atom is 0.223 e. The van der Waals surface area contributed by atoms with Crippen molar-refractivity contribution in [2.75, 3.05) is 20.1 Å². The summed E-state index contributed by atoms with van der Waals surface area (Å²) >= 11 is 3.73. The number of nitrogens with one attached hydrogen (secondary N) is 1. The van der Waals surface area contributed by atoms with E-state index in [4.69, 9.17) is 0 Å². The number of nitrogens with zero attached hydrogens (tertiary/aromatic N) is 2. The van der Waals surface area contributed by atoms with E-state index in [0.717, 1.165) is 42.9 Å². The van der Waals surface area contributed by atoms with Crippen molar-refractivity contribution in [3.63, 3.8) is 0 Å². The third kappa shape index (κ3) is 5.73. The number of carbonyl (C=O) groups excluding carboxylic acids is 1. The van der Waals surface area contributed by atoms with E-state index in [2.05, 4.69) is 81.4 Å². The van der Waals surface area contributed by atoms with E-state index in [1.165, 1.54) is 59.7 Å². The second-order valence-electron chi connectivity index (χ2n) is 11.1. The molecule has 1 aliphatic carbocycles. The lowest BCUT2D eigenvalue weighted by Crippen LogP contribution is -2.44. The van der Waals surface area contributed by atoms with Gasteiger partial charge in [-0.05, 0) is 80.9 Å². The van der Waals surface area contributed by atoms with Crippen LogP contribution in [0.2, 0.25) is 0 Å². The predicted octanol–water partition coefficient (Wildman–Crippen LogP) is 7.02. The molecule has 5 rings (SSSR count). The van der Waals surface area contributed by atoms with Crippen LogP contribution in [0.5, 0.6) is 0 Å². The summed E-state index contributed by atoms with van der Waals surface area (Å²) in [5.74, 6) is 1.03. The summed E-state index contributed by atoms with van der Waals surface area (Å²) in [4.78, 5) is 15.7. The Morgan fingerprint density at radius 3 is 2.61 bits per heavy atom. The molecular formula is C31H40BrN3O. The molecule has 1 aliphatic heterocycles. The first-order valence-electron chi connectivity index (χ1n) is 13.8. The highest BCUT2D eigenvalue weighted by Gasteiger charge is 2.28. The lowest BCUT2D eigenvalue weighted by atomic mass is 9.87. The molecule has 0 bridgehead atoms. The SMILES string of the molecule is Cc1cccc(C(CC(=O)N(C)C2CCNCC2)c2cn(CC3CCCCC3)c3ccc(Br)cc23)c1. The maximum absolute atomic E-state index is 13.7. The van der Waals surface area contributed by atoms with Gasteiger partial charge in [-0.25, -0.2) is 0 Å². The summed E-state index contributed by atoms with van der Waals surface area (Å²) in [5, 5.41) is 4.69. The smallest absolute Gasteiger partial charge is 0.223 e. The second kappa shape index (κ2) is 11.5. The van der Waals surface area contributed by atoms with E-state index in [1.807, 2.05) is 11.9 Å². The van der Waals surface area contributed by atoms with Crippen LogP contribution in [0, 0.1) is 12.8 Å². The Kier molecular flexibility index (Phi) is 8.17. The average molecular weight is 551 g/mol. The van der Waals surface area contributed by atoms with Gasteiger partial charge in [-0.15, -0.1) is 0 Å². The lowest BCUT2D eigenvalue weighted by Gasteiger charge is -2.32. The van der Waals surface area contributed by atoms with Gasteiger partial charge in [-0.1, -0.05) is 65.0 Å². The van der Waals surface area contributed by atoms with E-state index >= 15 is 0 Å². The quantitative estimate of drug-likeness (QED) is 0.343. The van der Waals surface area contributed by atoms with Gasteiger partial charge in [0.25, 0.3) is 0 Å². The Balaban J connectivity index is 1.52. The van der Waals surface area contributed by atoms with Crippen molar-refractivity contribution < 1.29 is 4.79 Å². The van der Waals surface area contributed by atoms with E-state index in [-0.39, 0.29) is 11.8 Å². The van der Waals surface area contributed by atoms with Gasteiger partial charge >= 0.3 is 0 Å². The maximum atomic E-state index is 13.7. The van der Waals surface area contributed by atoms with Crippen molar-refractivity contribution in [1.82, 2.24) is 14.8 Å². The number of amides is 1. The minimum absolute atomic E-state index is 0.0333. The van der Waals surface area contributed by atoms with Crippen LogP contribution < -0.4 is 5.32 Å². The number of aromatic nitrogens is 1. The molecule has 2 fully saturated rings. The van der Waals surface area contributed by atoms with Crippen molar-refractivity contribution in [2.24, 2.45) is 5.92 Å². The number of benzene rings is 2. The van der Waals surface area contributed by atoms with Crippen LogP contribution in [0.1, 0.15) is 74.0 Å². The molecule has 3 aromatic rings. The largest absolute Gasteiger partial charge is 0.347 e. The minimum atomic E-state index is 0.0333. The molecule has 0 spiro atoms. The molecule has 1 amide bonds. The molecule has 0 radical (unpaired) electrons. The van der Waals surface area contributed by atoms with Crippen molar-refractivity contribution in [3.05, 3.63) is 69.8 Å². The van der Waals surface area contributed by atoms with E-state index in [1.54, 1.807) is 0 Å². The summed E-state index contributed by atoms with van der Waals surface area (Å²) in [5.41, 5.74) is 5.04. The fraction of sp³-hybridized carbons (Fsp3) is 0.516. The van der Waals surface area contributed by atoms with Gasteiger partial charge < -0.3 is 14.8 Å². The number of halogens is 1. The third-order valence-electron chi connectivity index (χ3n) is 8.50. The van der Waals surface area contributed by atoms with Gasteiger partial charge in [0.1, 0.15) is 0 Å². The van der Waals surface area contributed by atoms with Gasteiger partial charge in [0, 0.05) is 53.5 Å². The molecule has 1 atom stereocenters.